The normalized spacial score (nSPS) is 54.1. The molecule has 0 aromatic carbocycles. The number of fused-ring (bicyclic) bond motifs is 7. The molecule has 0 radical (unpaired) electrons. The van der Waals surface area contributed by atoms with E-state index in [9.17, 15) is 76.6 Å². The van der Waals surface area contributed by atoms with Gasteiger partial charge in [0.25, 0.3) is 0 Å². The number of allylic oxidation sites excluding steroid dienone is 2. The van der Waals surface area contributed by atoms with Crippen molar-refractivity contribution in [2.75, 3.05) is 33.0 Å². The van der Waals surface area contributed by atoms with Crippen LogP contribution in [0.3, 0.4) is 0 Å². The van der Waals surface area contributed by atoms with Gasteiger partial charge < -0.3 is 114 Å². The van der Waals surface area contributed by atoms with Crippen molar-refractivity contribution in [2.45, 2.75) is 235 Å². The molecule has 9 rings (SSSR count). The van der Waals surface area contributed by atoms with Crippen molar-refractivity contribution in [1.82, 2.24) is 0 Å². The van der Waals surface area contributed by atoms with Gasteiger partial charge in [-0.3, -0.25) is 4.79 Å². The molecule has 0 aromatic heterocycles. The molecule has 0 spiro atoms. The zero-order chi connectivity index (χ0) is 57.0. The van der Waals surface area contributed by atoms with Crippen molar-refractivity contribution >= 4 is 5.97 Å². The number of rotatable bonds is 13. The molecular formula is C54H88O24. The van der Waals surface area contributed by atoms with Gasteiger partial charge in [0.2, 0.25) is 6.29 Å². The first-order valence-electron chi connectivity index (χ1n) is 28.0. The van der Waals surface area contributed by atoms with E-state index >= 15 is 4.79 Å². The summed E-state index contributed by atoms with van der Waals surface area (Å²) in [6.07, 6.45) is -25.3. The summed E-state index contributed by atoms with van der Waals surface area (Å²) in [5, 5.41) is 160. The highest BCUT2D eigenvalue weighted by Gasteiger charge is 2.71. The molecule has 8 fully saturated rings. The molecule has 24 nitrogen and oxygen atoms in total. The third kappa shape index (κ3) is 9.86. The predicted octanol–water partition coefficient (Wildman–Crippen LogP) is -3.06. The second kappa shape index (κ2) is 22.4. The second-order valence-corrected chi connectivity index (χ2v) is 26.2. The maximum Gasteiger partial charge on any atom is 0.315 e. The van der Waals surface area contributed by atoms with Crippen LogP contribution in [0.2, 0.25) is 0 Å². The van der Waals surface area contributed by atoms with E-state index in [2.05, 4.69) is 40.7 Å². The molecular weight excluding hydrogens is 1030 g/mol. The number of carbonyl (C=O) groups excluding carboxylic acids is 1. The van der Waals surface area contributed by atoms with Gasteiger partial charge in [-0.2, -0.15) is 0 Å². The van der Waals surface area contributed by atoms with E-state index in [1.807, 2.05) is 6.92 Å². The first-order chi connectivity index (χ1) is 36.6. The molecule has 4 aliphatic heterocycles. The largest absolute Gasteiger partial charge is 0.432 e. The van der Waals surface area contributed by atoms with Crippen LogP contribution in [-0.2, 0) is 42.7 Å². The van der Waals surface area contributed by atoms with E-state index < -0.39 is 178 Å². The Morgan fingerprint density at radius 2 is 1.08 bits per heavy atom. The average Bonchev–Trinajstić information content (AvgIpc) is 3.60. The van der Waals surface area contributed by atoms with Gasteiger partial charge in [0.1, 0.15) is 97.7 Å². The molecule has 9 aliphatic rings. The molecule has 4 heterocycles. The number of ether oxygens (including phenoxy) is 8. The van der Waals surface area contributed by atoms with E-state index in [-0.39, 0.29) is 40.6 Å². The lowest BCUT2D eigenvalue weighted by Crippen LogP contribution is -2.68. The Labute approximate surface area is 453 Å². The van der Waals surface area contributed by atoms with Crippen LogP contribution in [0.4, 0.5) is 0 Å². The van der Waals surface area contributed by atoms with E-state index in [0.717, 1.165) is 6.42 Å². The molecule has 4 saturated heterocycles. The monoisotopic (exact) mass is 1120 g/mol. The molecule has 4 saturated carbocycles. The van der Waals surface area contributed by atoms with Crippen LogP contribution in [0.1, 0.15) is 106 Å². The fourth-order valence-corrected chi connectivity index (χ4v) is 16.4. The molecule has 24 heteroatoms. The highest BCUT2D eigenvalue weighted by atomic mass is 16.8. The maximum absolute atomic E-state index is 15.1. The van der Waals surface area contributed by atoms with Crippen molar-refractivity contribution in [2.24, 2.45) is 50.2 Å². The van der Waals surface area contributed by atoms with Crippen LogP contribution < -0.4 is 0 Å². The van der Waals surface area contributed by atoms with Gasteiger partial charge in [0, 0.05) is 5.41 Å². The Morgan fingerprint density at radius 1 is 0.551 bits per heavy atom. The molecule has 15 N–H and O–H groups in total. The minimum Gasteiger partial charge on any atom is -0.432 e. The average molecular weight is 1120 g/mol. The van der Waals surface area contributed by atoms with Gasteiger partial charge in [-0.1, -0.05) is 53.2 Å². The van der Waals surface area contributed by atoms with Crippen molar-refractivity contribution in [3.8, 4) is 0 Å². The molecule has 5 aliphatic carbocycles. The molecule has 0 aromatic rings. The molecule has 0 bridgehead atoms. The number of esters is 1. The Kier molecular flexibility index (Phi) is 17.5. The van der Waals surface area contributed by atoms with Crippen LogP contribution >= 0.6 is 0 Å². The highest BCUT2D eigenvalue weighted by molar-refractivity contribution is 5.79. The fourth-order valence-electron chi connectivity index (χ4n) is 16.4. The minimum absolute atomic E-state index is 0.0881. The van der Waals surface area contributed by atoms with Crippen LogP contribution in [-0.4, -0.2) is 245 Å². The van der Waals surface area contributed by atoms with Gasteiger partial charge >= 0.3 is 5.97 Å². The summed E-state index contributed by atoms with van der Waals surface area (Å²) in [5.74, 6) is -0.932. The van der Waals surface area contributed by atoms with Crippen LogP contribution in [0.25, 0.3) is 0 Å². The van der Waals surface area contributed by atoms with Gasteiger partial charge in [0.15, 0.2) is 18.9 Å². The Bertz CT molecular complexity index is 2130. The first-order valence-corrected chi connectivity index (χ1v) is 28.0. The molecule has 78 heavy (non-hydrogen) atoms. The van der Waals surface area contributed by atoms with Crippen LogP contribution in [0.15, 0.2) is 11.6 Å². The summed E-state index contributed by atoms with van der Waals surface area (Å²) >= 11 is 0. The number of carbonyl (C=O) groups is 1. The smallest absolute Gasteiger partial charge is 0.315 e. The second-order valence-electron chi connectivity index (χ2n) is 26.2. The number of hydrogen-bond acceptors (Lipinski definition) is 24. The van der Waals surface area contributed by atoms with Gasteiger partial charge in [-0.05, 0) is 104 Å². The van der Waals surface area contributed by atoms with E-state index in [4.69, 9.17) is 37.9 Å². The first kappa shape index (κ1) is 60.9. The Balaban J connectivity index is 0.941. The lowest BCUT2D eigenvalue weighted by atomic mass is 9.33. The maximum atomic E-state index is 15.1. The summed E-state index contributed by atoms with van der Waals surface area (Å²) < 4.78 is 47.6. The third-order valence-corrected chi connectivity index (χ3v) is 21.6. The van der Waals surface area contributed by atoms with E-state index in [1.54, 1.807) is 0 Å². The Hall–Kier alpha value is -1.67. The van der Waals surface area contributed by atoms with Crippen LogP contribution in [0.5, 0.6) is 0 Å². The van der Waals surface area contributed by atoms with Gasteiger partial charge in [0.05, 0.1) is 44.6 Å². The summed E-state index contributed by atoms with van der Waals surface area (Å²) in [5.41, 5.74) is -2.07. The van der Waals surface area contributed by atoms with Gasteiger partial charge in [-0.15, -0.1) is 0 Å². The quantitative estimate of drug-likeness (QED) is 0.0494. The zero-order valence-corrected chi connectivity index (χ0v) is 45.4. The lowest BCUT2D eigenvalue weighted by molar-refractivity contribution is -0.379. The van der Waals surface area contributed by atoms with Crippen molar-refractivity contribution < 1.29 is 119 Å². The zero-order valence-electron chi connectivity index (χ0n) is 45.4. The highest BCUT2D eigenvalue weighted by Crippen LogP contribution is 2.76. The molecule has 29 atom stereocenters. The third-order valence-electron chi connectivity index (χ3n) is 21.6. The summed E-state index contributed by atoms with van der Waals surface area (Å²) in [6.45, 7) is 10.2. The summed E-state index contributed by atoms with van der Waals surface area (Å²) in [6, 6.07) is 0. The van der Waals surface area contributed by atoms with Crippen molar-refractivity contribution in [3.63, 3.8) is 0 Å². The summed E-state index contributed by atoms with van der Waals surface area (Å²) in [4.78, 5) is 15.1. The lowest BCUT2D eigenvalue weighted by Gasteiger charge is -2.71. The van der Waals surface area contributed by atoms with Crippen molar-refractivity contribution in [3.05, 3.63) is 11.6 Å². The Morgan fingerprint density at radius 3 is 1.68 bits per heavy atom. The number of aliphatic hydroxyl groups excluding tert-OH is 15. The van der Waals surface area contributed by atoms with E-state index in [1.165, 1.54) is 5.57 Å². The van der Waals surface area contributed by atoms with Gasteiger partial charge in [-0.25, -0.2) is 0 Å². The SMILES string of the molecule is CC1(C)CCC2(C(=O)OC3OC(COC4OC(CO)C(O)C(O)C4O)C(O)C(O)C3O)CCC3(C)C(=CCC4C5(C)CCC(OC6OC(CO)C(O)C(O)C6OC6OC(CO)C(O)C(O)C6O)C(C)(CO)C5CCC43C)C2C1. The molecule has 448 valence electrons. The standard InChI is InChI=1S/C54H88O24/c1-49(2)13-15-54(48(70)78-46-42(69)38(65)35(62)28(75-46)21-71-44-40(67)36(63)32(59)25(18-55)72-44)16-14-52(5)23(24(54)17-49)7-8-30-50(3)11-10-31(51(4,22-58)29(50)9-12-53(30,52)6)76-47-43(39(66)34(61)27(20-57)74-47)77-45-41(68)37(64)33(60)26(19-56)73-45/h7,24-47,55-69H,8-22H2,1-6H3. The predicted molar refractivity (Wildman–Crippen MR) is 264 cm³/mol. The minimum atomic E-state index is -1.86. The number of hydrogen-bond donors (Lipinski definition) is 15. The fraction of sp³-hybridized carbons (Fsp3) is 0.944. The van der Waals surface area contributed by atoms with Crippen LogP contribution in [0, 0.1) is 50.2 Å². The van der Waals surface area contributed by atoms with Crippen molar-refractivity contribution in [1.29, 1.82) is 0 Å². The topological polar surface area (TPSA) is 394 Å². The molecule has 29 unspecified atom stereocenters. The van der Waals surface area contributed by atoms with E-state index in [0.29, 0.717) is 57.8 Å². The summed E-state index contributed by atoms with van der Waals surface area (Å²) in [7, 11) is 0. The molecule has 0 amide bonds. The number of aliphatic hydroxyl groups is 15.